The van der Waals surface area contributed by atoms with Crippen LogP contribution in [0.2, 0.25) is 0 Å². The molecule has 0 aliphatic carbocycles. The zero-order chi connectivity index (χ0) is 20.6. The molecule has 1 aliphatic rings. The summed E-state index contributed by atoms with van der Waals surface area (Å²) >= 11 is 0. The molecule has 0 atom stereocenters. The average Bonchev–Trinajstić information content (AvgIpc) is 3.06. The normalized spacial score (nSPS) is 15.9. The zero-order valence-electron chi connectivity index (χ0n) is 18.0. The maximum Gasteiger partial charge on any atom is 0.229 e. The summed E-state index contributed by atoms with van der Waals surface area (Å²) < 4.78 is 17.7. The van der Waals surface area contributed by atoms with Gasteiger partial charge in [-0.3, -0.25) is 0 Å². The van der Waals surface area contributed by atoms with Crippen LogP contribution in [0.5, 0.6) is 0 Å². The highest BCUT2D eigenvalue weighted by Gasteiger charge is 2.32. The smallest absolute Gasteiger partial charge is 0.229 e. The van der Waals surface area contributed by atoms with Crippen LogP contribution in [0.15, 0.2) is 10.7 Å². The van der Waals surface area contributed by atoms with Gasteiger partial charge in [-0.1, -0.05) is 13.8 Å². The number of ether oxygens (including phenoxy) is 2. The van der Waals surface area contributed by atoms with Gasteiger partial charge in [-0.05, 0) is 38.7 Å². The monoisotopic (exact) mass is 398 g/mol. The maximum atomic E-state index is 6.22. The van der Waals surface area contributed by atoms with Gasteiger partial charge in [0.15, 0.2) is 11.4 Å². The lowest BCUT2D eigenvalue weighted by Gasteiger charge is -2.33. The van der Waals surface area contributed by atoms with Gasteiger partial charge in [-0.2, -0.15) is 0 Å². The van der Waals surface area contributed by atoms with Crippen molar-refractivity contribution < 1.29 is 13.9 Å². The number of pyridine rings is 1. The van der Waals surface area contributed by atoms with Crippen LogP contribution in [0.3, 0.4) is 0 Å². The van der Waals surface area contributed by atoms with Crippen molar-refractivity contribution in [3.05, 3.63) is 23.1 Å². The first kappa shape index (κ1) is 20.0. The number of furan rings is 1. The lowest BCUT2D eigenvalue weighted by atomic mass is 9.87. The fraction of sp³-hybridized carbons (Fsp3) is 0.591. The summed E-state index contributed by atoms with van der Waals surface area (Å²) in [5.74, 6) is 0.990. The Morgan fingerprint density at radius 2 is 2.07 bits per heavy atom. The fourth-order valence-corrected chi connectivity index (χ4v) is 3.96. The molecule has 0 unspecified atom stereocenters. The van der Waals surface area contributed by atoms with Crippen molar-refractivity contribution >= 4 is 28.0 Å². The minimum Gasteiger partial charge on any atom is -0.432 e. The Labute approximate surface area is 171 Å². The molecule has 0 bridgehead atoms. The van der Waals surface area contributed by atoms with Gasteiger partial charge in [0.05, 0.1) is 23.3 Å². The minimum atomic E-state index is -0.230. The summed E-state index contributed by atoms with van der Waals surface area (Å²) in [6, 6.07) is 0. The number of anilines is 1. The summed E-state index contributed by atoms with van der Waals surface area (Å²) in [5.41, 5.74) is 5.36. The van der Waals surface area contributed by atoms with E-state index in [9.17, 15) is 0 Å². The number of fused-ring (bicyclic) bond motifs is 5. The number of hydrogen-bond donors (Lipinski definition) is 1. The summed E-state index contributed by atoms with van der Waals surface area (Å²) in [7, 11) is 0. The fourth-order valence-electron chi connectivity index (χ4n) is 3.96. The first-order valence-corrected chi connectivity index (χ1v) is 10.5. The Balaban J connectivity index is 1.81. The SMILES string of the molecule is CCOCCCNc1ncnc2c1oc1nc(C(C)C)c3c(c12)CC(C)(C)OC3. The van der Waals surface area contributed by atoms with Crippen molar-refractivity contribution in [2.24, 2.45) is 0 Å². The van der Waals surface area contributed by atoms with Crippen LogP contribution in [0.25, 0.3) is 22.2 Å². The first-order valence-electron chi connectivity index (χ1n) is 10.5. The molecule has 0 radical (unpaired) electrons. The summed E-state index contributed by atoms with van der Waals surface area (Å²) in [5, 5.41) is 4.36. The van der Waals surface area contributed by atoms with E-state index in [0.717, 1.165) is 49.2 Å². The van der Waals surface area contributed by atoms with E-state index < -0.39 is 0 Å². The van der Waals surface area contributed by atoms with Gasteiger partial charge in [0.2, 0.25) is 5.71 Å². The van der Waals surface area contributed by atoms with Gasteiger partial charge >= 0.3 is 0 Å². The molecular weight excluding hydrogens is 368 g/mol. The Morgan fingerprint density at radius 1 is 1.24 bits per heavy atom. The summed E-state index contributed by atoms with van der Waals surface area (Å²) in [6.45, 7) is 13.3. The molecule has 4 rings (SSSR count). The number of aromatic nitrogens is 3. The zero-order valence-corrected chi connectivity index (χ0v) is 18.0. The van der Waals surface area contributed by atoms with Gasteiger partial charge in [0, 0.05) is 31.7 Å². The summed E-state index contributed by atoms with van der Waals surface area (Å²) in [4.78, 5) is 13.8. The van der Waals surface area contributed by atoms with Crippen LogP contribution in [0.4, 0.5) is 5.82 Å². The largest absolute Gasteiger partial charge is 0.432 e. The lowest BCUT2D eigenvalue weighted by molar-refractivity contribution is -0.0402. The average molecular weight is 399 g/mol. The highest BCUT2D eigenvalue weighted by Crippen LogP contribution is 2.40. The topological polar surface area (TPSA) is 82.3 Å². The summed E-state index contributed by atoms with van der Waals surface area (Å²) in [6.07, 6.45) is 3.29. The lowest BCUT2D eigenvalue weighted by Crippen LogP contribution is -2.33. The first-order chi connectivity index (χ1) is 13.9. The molecule has 7 nitrogen and oxygen atoms in total. The van der Waals surface area contributed by atoms with Crippen LogP contribution in [-0.4, -0.2) is 40.3 Å². The Kier molecular flexibility index (Phi) is 5.44. The molecule has 3 aromatic heterocycles. The number of rotatable bonds is 7. The quantitative estimate of drug-likeness (QED) is 0.583. The van der Waals surface area contributed by atoms with Crippen molar-refractivity contribution in [2.75, 3.05) is 25.1 Å². The molecule has 156 valence electrons. The van der Waals surface area contributed by atoms with E-state index in [1.54, 1.807) is 6.33 Å². The van der Waals surface area contributed by atoms with Crippen molar-refractivity contribution in [2.45, 2.75) is 65.6 Å². The van der Waals surface area contributed by atoms with E-state index in [1.807, 2.05) is 6.92 Å². The second-order valence-corrected chi connectivity index (χ2v) is 8.49. The molecule has 0 aromatic carbocycles. The van der Waals surface area contributed by atoms with Gasteiger partial charge in [-0.15, -0.1) is 0 Å². The molecule has 0 saturated heterocycles. The van der Waals surface area contributed by atoms with E-state index >= 15 is 0 Å². The molecular formula is C22H30N4O3. The maximum absolute atomic E-state index is 6.22. The molecule has 1 N–H and O–H groups in total. The highest BCUT2D eigenvalue weighted by atomic mass is 16.5. The van der Waals surface area contributed by atoms with Gasteiger partial charge < -0.3 is 19.2 Å². The van der Waals surface area contributed by atoms with Gasteiger partial charge in [-0.25, -0.2) is 15.0 Å². The third-order valence-electron chi connectivity index (χ3n) is 5.37. The van der Waals surface area contributed by atoms with Crippen LogP contribution < -0.4 is 5.32 Å². The highest BCUT2D eigenvalue weighted by molar-refractivity contribution is 6.06. The molecule has 4 heterocycles. The molecule has 0 saturated carbocycles. The van der Waals surface area contributed by atoms with Gasteiger partial charge in [0.1, 0.15) is 11.8 Å². The van der Waals surface area contributed by atoms with Crippen LogP contribution in [0.1, 0.15) is 63.8 Å². The molecule has 7 heteroatoms. The third-order valence-corrected chi connectivity index (χ3v) is 5.37. The second-order valence-electron chi connectivity index (χ2n) is 8.49. The van der Waals surface area contributed by atoms with E-state index in [1.165, 1.54) is 11.1 Å². The number of hydrogen-bond acceptors (Lipinski definition) is 7. The van der Waals surface area contributed by atoms with Crippen LogP contribution in [0, 0.1) is 0 Å². The predicted octanol–water partition coefficient (Wildman–Crippen LogP) is 4.58. The van der Waals surface area contributed by atoms with Gasteiger partial charge in [0.25, 0.3) is 0 Å². The van der Waals surface area contributed by atoms with Crippen LogP contribution >= 0.6 is 0 Å². The standard InChI is InChI=1S/C22H30N4O3/c1-6-27-9-7-8-23-20-19-18(24-12-25-20)16-14-10-22(4,5)28-11-15(14)17(13(2)3)26-21(16)29-19/h12-13H,6-11H2,1-5H3,(H,23,24,25). The second kappa shape index (κ2) is 7.88. The molecule has 3 aromatic rings. The van der Waals surface area contributed by atoms with E-state index in [-0.39, 0.29) is 11.5 Å². The third kappa shape index (κ3) is 3.81. The Morgan fingerprint density at radius 3 is 2.83 bits per heavy atom. The minimum absolute atomic E-state index is 0.230. The molecule has 29 heavy (non-hydrogen) atoms. The van der Waals surface area contributed by atoms with Crippen molar-refractivity contribution in [1.82, 2.24) is 15.0 Å². The predicted molar refractivity (Wildman–Crippen MR) is 113 cm³/mol. The molecule has 1 aliphatic heterocycles. The van der Waals surface area contributed by atoms with E-state index in [0.29, 0.717) is 23.7 Å². The molecule has 0 fully saturated rings. The van der Waals surface area contributed by atoms with E-state index in [4.69, 9.17) is 18.9 Å². The molecule has 0 spiro atoms. The number of nitrogens with zero attached hydrogens (tertiary/aromatic N) is 3. The van der Waals surface area contributed by atoms with Crippen molar-refractivity contribution in [3.8, 4) is 0 Å². The Bertz CT molecular complexity index is 1030. The van der Waals surface area contributed by atoms with Crippen molar-refractivity contribution in [1.29, 1.82) is 0 Å². The van der Waals surface area contributed by atoms with E-state index in [2.05, 4.69) is 43.0 Å². The molecule has 0 amide bonds. The number of nitrogens with one attached hydrogen (secondary N) is 1. The Hall–Kier alpha value is -2.25. The van der Waals surface area contributed by atoms with Crippen LogP contribution in [-0.2, 0) is 22.5 Å². The van der Waals surface area contributed by atoms with Crippen molar-refractivity contribution in [3.63, 3.8) is 0 Å².